The van der Waals surface area contributed by atoms with E-state index in [2.05, 4.69) is 48.2 Å². The molecule has 1 saturated carbocycles. The molecule has 25 heavy (non-hydrogen) atoms. The fraction of sp³-hybridized carbons (Fsp3) is 0.632. The molecule has 3 unspecified atom stereocenters. The smallest absolute Gasteiger partial charge is 0.193 e. The van der Waals surface area contributed by atoms with Crippen LogP contribution < -0.4 is 10.1 Å². The van der Waals surface area contributed by atoms with Crippen LogP contribution in [-0.4, -0.2) is 50.8 Å². The Kier molecular flexibility index (Phi) is 6.59. The second kappa shape index (κ2) is 8.12. The van der Waals surface area contributed by atoms with Gasteiger partial charge in [-0.15, -0.1) is 24.0 Å². The van der Waals surface area contributed by atoms with Gasteiger partial charge in [0.25, 0.3) is 0 Å². The zero-order valence-corrected chi connectivity index (χ0v) is 18.1. The first-order chi connectivity index (χ1) is 11.5. The summed E-state index contributed by atoms with van der Waals surface area (Å²) in [6.45, 7) is 6.26. The fourth-order valence-corrected chi connectivity index (χ4v) is 4.18. The molecular formula is C19H30IN3O2. The molecule has 0 radical (unpaired) electrons. The molecule has 0 bridgehead atoms. The van der Waals surface area contributed by atoms with Crippen LogP contribution >= 0.6 is 24.0 Å². The number of ether oxygens (including phenoxy) is 2. The Hall–Kier alpha value is -1.02. The molecule has 2 aliphatic rings. The number of nitrogens with one attached hydrogen (secondary N) is 1. The van der Waals surface area contributed by atoms with E-state index in [9.17, 15) is 0 Å². The zero-order valence-electron chi connectivity index (χ0n) is 15.8. The van der Waals surface area contributed by atoms with E-state index in [1.54, 1.807) is 7.11 Å². The van der Waals surface area contributed by atoms with Gasteiger partial charge in [0.2, 0.25) is 0 Å². The highest BCUT2D eigenvalue weighted by molar-refractivity contribution is 14.0. The van der Waals surface area contributed by atoms with Crippen LogP contribution in [0.3, 0.4) is 0 Å². The molecule has 1 heterocycles. The summed E-state index contributed by atoms with van der Waals surface area (Å²) in [5.74, 6) is 2.42. The van der Waals surface area contributed by atoms with Gasteiger partial charge in [-0.2, -0.15) is 0 Å². The lowest BCUT2D eigenvalue weighted by Crippen LogP contribution is -2.67. The standard InChI is InChI=1S/C19H29N3O2.HI/c1-19(2)16(15-10-11-24-17(15)19)21-18(20-3)22(4)12-13-6-8-14(23-5)9-7-13;/h6-9,15-17H,10-12H2,1-5H3,(H,20,21);1H. The first-order valence-corrected chi connectivity index (χ1v) is 8.66. The molecule has 1 aromatic rings. The number of fused-ring (bicyclic) bond motifs is 1. The summed E-state index contributed by atoms with van der Waals surface area (Å²) in [5.41, 5.74) is 1.38. The van der Waals surface area contributed by atoms with Gasteiger partial charge in [0.05, 0.1) is 13.2 Å². The molecule has 1 saturated heterocycles. The molecule has 0 amide bonds. The lowest BCUT2D eigenvalue weighted by atomic mass is 9.57. The summed E-state index contributed by atoms with van der Waals surface area (Å²) in [5, 5.41) is 3.68. The molecule has 0 spiro atoms. The maximum atomic E-state index is 5.89. The second-order valence-corrected chi connectivity index (χ2v) is 7.44. The summed E-state index contributed by atoms with van der Waals surface area (Å²) in [6, 6.07) is 8.60. The van der Waals surface area contributed by atoms with Crippen molar-refractivity contribution >= 4 is 29.9 Å². The topological polar surface area (TPSA) is 46.1 Å². The molecule has 0 aromatic heterocycles. The minimum atomic E-state index is 0. The van der Waals surface area contributed by atoms with Crippen LogP contribution in [0.4, 0.5) is 0 Å². The molecule has 1 aliphatic heterocycles. The Morgan fingerprint density at radius 3 is 2.64 bits per heavy atom. The number of nitrogens with zero attached hydrogens (tertiary/aromatic N) is 2. The summed E-state index contributed by atoms with van der Waals surface area (Å²) < 4.78 is 11.1. The molecule has 140 valence electrons. The number of aliphatic imine (C=N–C) groups is 1. The molecule has 1 aromatic carbocycles. The number of rotatable bonds is 4. The summed E-state index contributed by atoms with van der Waals surface area (Å²) in [4.78, 5) is 6.65. The van der Waals surface area contributed by atoms with E-state index in [0.29, 0.717) is 18.1 Å². The van der Waals surface area contributed by atoms with Crippen molar-refractivity contribution in [1.82, 2.24) is 10.2 Å². The third-order valence-electron chi connectivity index (χ3n) is 5.54. The van der Waals surface area contributed by atoms with E-state index in [1.165, 1.54) is 5.56 Å². The lowest BCUT2D eigenvalue weighted by Gasteiger charge is -2.55. The van der Waals surface area contributed by atoms with Gasteiger partial charge < -0.3 is 19.7 Å². The third-order valence-corrected chi connectivity index (χ3v) is 5.54. The van der Waals surface area contributed by atoms with E-state index in [1.807, 2.05) is 19.2 Å². The van der Waals surface area contributed by atoms with Gasteiger partial charge in [-0.05, 0) is 24.1 Å². The van der Waals surface area contributed by atoms with Gasteiger partial charge in [0, 0.05) is 44.6 Å². The first-order valence-electron chi connectivity index (χ1n) is 8.66. The van der Waals surface area contributed by atoms with Crippen molar-refractivity contribution < 1.29 is 9.47 Å². The number of benzene rings is 1. The van der Waals surface area contributed by atoms with E-state index in [-0.39, 0.29) is 29.4 Å². The van der Waals surface area contributed by atoms with E-state index < -0.39 is 0 Å². The zero-order chi connectivity index (χ0) is 17.3. The molecule has 1 N–H and O–H groups in total. The lowest BCUT2D eigenvalue weighted by molar-refractivity contribution is -0.107. The highest BCUT2D eigenvalue weighted by Gasteiger charge is 2.59. The monoisotopic (exact) mass is 459 g/mol. The van der Waals surface area contributed by atoms with Crippen LogP contribution in [0.2, 0.25) is 0 Å². The summed E-state index contributed by atoms with van der Waals surface area (Å²) >= 11 is 0. The Balaban J connectivity index is 0.00000225. The minimum Gasteiger partial charge on any atom is -0.497 e. The fourth-order valence-electron chi connectivity index (χ4n) is 4.18. The molecule has 5 nitrogen and oxygen atoms in total. The van der Waals surface area contributed by atoms with Gasteiger partial charge in [-0.25, -0.2) is 0 Å². The molecule has 1 aliphatic carbocycles. The van der Waals surface area contributed by atoms with Crippen molar-refractivity contribution in [2.24, 2.45) is 16.3 Å². The Bertz CT molecular complexity index is 603. The van der Waals surface area contributed by atoms with Crippen LogP contribution in [0.25, 0.3) is 0 Å². The average molecular weight is 459 g/mol. The first kappa shape index (κ1) is 20.3. The second-order valence-electron chi connectivity index (χ2n) is 7.44. The van der Waals surface area contributed by atoms with Gasteiger partial charge in [0.1, 0.15) is 5.75 Å². The highest BCUT2D eigenvalue weighted by Crippen LogP contribution is 2.52. The Morgan fingerprint density at radius 2 is 2.04 bits per heavy atom. The van der Waals surface area contributed by atoms with Gasteiger partial charge >= 0.3 is 0 Å². The predicted octanol–water partition coefficient (Wildman–Crippen LogP) is 3.13. The Morgan fingerprint density at radius 1 is 1.36 bits per heavy atom. The van der Waals surface area contributed by atoms with Crippen LogP contribution in [0.1, 0.15) is 25.8 Å². The van der Waals surface area contributed by atoms with Crippen molar-refractivity contribution in [3.8, 4) is 5.75 Å². The van der Waals surface area contributed by atoms with Gasteiger partial charge in [-0.3, -0.25) is 4.99 Å². The van der Waals surface area contributed by atoms with E-state index in [0.717, 1.165) is 31.3 Å². The van der Waals surface area contributed by atoms with Crippen molar-refractivity contribution in [2.75, 3.05) is 27.8 Å². The maximum absolute atomic E-state index is 5.89. The number of hydrogen-bond donors (Lipinski definition) is 1. The van der Waals surface area contributed by atoms with Gasteiger partial charge in [0.15, 0.2) is 5.96 Å². The number of guanidine groups is 1. The number of hydrogen-bond acceptors (Lipinski definition) is 3. The Labute approximate surface area is 168 Å². The number of halogens is 1. The predicted molar refractivity (Wildman–Crippen MR) is 112 cm³/mol. The quantitative estimate of drug-likeness (QED) is 0.427. The average Bonchev–Trinajstić information content (AvgIpc) is 3.03. The molecule has 3 rings (SSSR count). The van der Waals surface area contributed by atoms with Crippen molar-refractivity contribution in [3.05, 3.63) is 29.8 Å². The third kappa shape index (κ3) is 3.89. The molecular weight excluding hydrogens is 429 g/mol. The molecule has 6 heteroatoms. The molecule has 2 fully saturated rings. The number of methoxy groups -OCH3 is 1. The van der Waals surface area contributed by atoms with E-state index >= 15 is 0 Å². The van der Waals surface area contributed by atoms with E-state index in [4.69, 9.17) is 9.47 Å². The largest absolute Gasteiger partial charge is 0.497 e. The van der Waals surface area contributed by atoms with Crippen LogP contribution in [0.5, 0.6) is 5.75 Å². The minimum absolute atomic E-state index is 0. The normalized spacial score (nSPS) is 26.9. The highest BCUT2D eigenvalue weighted by atomic mass is 127. The van der Waals surface area contributed by atoms with Crippen LogP contribution in [0.15, 0.2) is 29.3 Å². The van der Waals surface area contributed by atoms with Gasteiger partial charge in [-0.1, -0.05) is 26.0 Å². The maximum Gasteiger partial charge on any atom is 0.193 e. The van der Waals surface area contributed by atoms with Crippen molar-refractivity contribution in [2.45, 2.75) is 39.0 Å². The summed E-state index contributed by atoms with van der Waals surface area (Å²) in [6.07, 6.45) is 1.53. The summed E-state index contributed by atoms with van der Waals surface area (Å²) in [7, 11) is 5.61. The SMILES string of the molecule is CN=C(NC1C2CCOC2C1(C)C)N(C)Cc1ccc(OC)cc1.I. The molecule has 3 atom stereocenters. The van der Waals surface area contributed by atoms with Crippen molar-refractivity contribution in [3.63, 3.8) is 0 Å². The van der Waals surface area contributed by atoms with Crippen molar-refractivity contribution in [1.29, 1.82) is 0 Å². The van der Waals surface area contributed by atoms with Crippen LogP contribution in [0, 0.1) is 11.3 Å². The van der Waals surface area contributed by atoms with Crippen LogP contribution in [-0.2, 0) is 11.3 Å².